The van der Waals surface area contributed by atoms with Gasteiger partial charge in [-0.3, -0.25) is 4.79 Å². The van der Waals surface area contributed by atoms with E-state index in [1.165, 1.54) is 5.56 Å². The zero-order valence-corrected chi connectivity index (χ0v) is 25.8. The van der Waals surface area contributed by atoms with Gasteiger partial charge in [0.25, 0.3) is 0 Å². The van der Waals surface area contributed by atoms with E-state index in [4.69, 9.17) is 14.2 Å². The number of aryl methyl sites for hydroxylation is 2. The third-order valence-electron chi connectivity index (χ3n) is 7.30. The maximum atomic E-state index is 13.9. The molecule has 4 heteroatoms. The number of unbranched alkanes of at least 4 members (excludes halogenated alkanes) is 3. The van der Waals surface area contributed by atoms with E-state index >= 15 is 0 Å². The zero-order chi connectivity index (χ0) is 28.6. The summed E-state index contributed by atoms with van der Waals surface area (Å²) in [5.41, 5.74) is 2.93. The summed E-state index contributed by atoms with van der Waals surface area (Å²) in [5, 5.41) is 0. The molecule has 2 aromatic carbocycles. The van der Waals surface area contributed by atoms with Crippen LogP contribution < -0.4 is 14.2 Å². The largest absolute Gasteiger partial charge is 0.490 e. The third-order valence-corrected chi connectivity index (χ3v) is 7.30. The Morgan fingerprint density at radius 3 is 1.64 bits per heavy atom. The molecular formula is C35H54O4. The Labute approximate surface area is 238 Å². The molecule has 0 saturated carbocycles. The second-order valence-electron chi connectivity index (χ2n) is 11.1. The highest BCUT2D eigenvalue weighted by Gasteiger charge is 2.22. The van der Waals surface area contributed by atoms with Gasteiger partial charge in [-0.25, -0.2) is 0 Å². The van der Waals surface area contributed by atoms with Crippen molar-refractivity contribution < 1.29 is 19.0 Å². The molecule has 0 saturated heterocycles. The second-order valence-corrected chi connectivity index (χ2v) is 11.1. The zero-order valence-electron chi connectivity index (χ0n) is 25.8. The average Bonchev–Trinajstić information content (AvgIpc) is 2.93. The number of hydrogen-bond acceptors (Lipinski definition) is 4. The molecular weight excluding hydrogens is 484 g/mol. The summed E-state index contributed by atoms with van der Waals surface area (Å²) < 4.78 is 19.1. The molecule has 2 rings (SSSR count). The van der Waals surface area contributed by atoms with Gasteiger partial charge in [0, 0.05) is 6.42 Å². The van der Waals surface area contributed by atoms with Crippen LogP contribution in [0.5, 0.6) is 17.2 Å². The first-order valence-electron chi connectivity index (χ1n) is 15.6. The Morgan fingerprint density at radius 2 is 1.18 bits per heavy atom. The standard InChI is InChI=1S/C35H54O4/c1-8-12-16-26(5)37-32-24-21-29(11-4)25-30(32)22-23-31(36)35-33(38-27(6)17-13-9-2)19-15-20-34(35)39-28(7)18-14-10-3/h15,19-21,24-28H,8-14,16-18,22-23H2,1-7H3. The van der Waals surface area contributed by atoms with E-state index in [2.05, 4.69) is 66.7 Å². The number of carbonyl (C=O) groups excluding carboxylic acids is 1. The predicted octanol–water partition coefficient (Wildman–Crippen LogP) is 9.94. The fourth-order valence-electron chi connectivity index (χ4n) is 4.82. The summed E-state index contributed by atoms with van der Waals surface area (Å²) >= 11 is 0. The molecule has 0 aliphatic carbocycles. The van der Waals surface area contributed by atoms with Crippen molar-refractivity contribution in [2.45, 2.75) is 144 Å². The SMILES string of the molecule is CCCCC(C)Oc1ccc(CC)cc1CCC(=O)c1c(OC(C)CCCC)cccc1OC(C)CCCC. The highest BCUT2D eigenvalue weighted by molar-refractivity contribution is 6.01. The van der Waals surface area contributed by atoms with Crippen LogP contribution in [0.1, 0.15) is 134 Å². The molecule has 0 aliphatic rings. The third kappa shape index (κ3) is 11.3. The molecule has 0 aromatic heterocycles. The van der Waals surface area contributed by atoms with Crippen molar-refractivity contribution >= 4 is 5.78 Å². The van der Waals surface area contributed by atoms with Crippen molar-refractivity contribution in [2.24, 2.45) is 0 Å². The van der Waals surface area contributed by atoms with Crippen molar-refractivity contribution in [3.05, 3.63) is 53.1 Å². The minimum atomic E-state index is 0.0371. The lowest BCUT2D eigenvalue weighted by atomic mass is 9.98. The van der Waals surface area contributed by atoms with Gasteiger partial charge in [-0.05, 0) is 82.2 Å². The quantitative estimate of drug-likeness (QED) is 0.157. The number of rotatable bonds is 20. The fraction of sp³-hybridized carbons (Fsp3) is 0.629. The van der Waals surface area contributed by atoms with Crippen LogP contribution in [0.3, 0.4) is 0 Å². The van der Waals surface area contributed by atoms with Crippen molar-refractivity contribution in [1.82, 2.24) is 0 Å². The van der Waals surface area contributed by atoms with E-state index in [-0.39, 0.29) is 24.1 Å². The Hall–Kier alpha value is -2.49. The van der Waals surface area contributed by atoms with Crippen LogP contribution >= 0.6 is 0 Å². The number of hydrogen-bond donors (Lipinski definition) is 0. The van der Waals surface area contributed by atoms with Crippen molar-refractivity contribution in [3.63, 3.8) is 0 Å². The molecule has 2 aromatic rings. The Bertz CT molecular complexity index is 948. The van der Waals surface area contributed by atoms with E-state index in [0.29, 0.717) is 29.9 Å². The van der Waals surface area contributed by atoms with Gasteiger partial charge < -0.3 is 14.2 Å². The molecule has 0 bridgehead atoms. The molecule has 218 valence electrons. The van der Waals surface area contributed by atoms with Crippen LogP contribution in [0.15, 0.2) is 36.4 Å². The molecule has 3 atom stereocenters. The van der Waals surface area contributed by atoms with E-state index in [0.717, 1.165) is 75.5 Å². The van der Waals surface area contributed by atoms with Gasteiger partial charge in [0.05, 0.1) is 18.3 Å². The van der Waals surface area contributed by atoms with Gasteiger partial charge in [0.15, 0.2) is 5.78 Å². The molecule has 0 radical (unpaired) electrons. The van der Waals surface area contributed by atoms with E-state index in [1.54, 1.807) is 0 Å². The first-order valence-corrected chi connectivity index (χ1v) is 15.6. The molecule has 0 aliphatic heterocycles. The molecule has 0 amide bonds. The molecule has 0 N–H and O–H groups in total. The number of carbonyl (C=O) groups is 1. The minimum absolute atomic E-state index is 0.0371. The Kier molecular flexibility index (Phi) is 15.1. The molecule has 0 fully saturated rings. The van der Waals surface area contributed by atoms with Crippen LogP contribution in [0.4, 0.5) is 0 Å². The lowest BCUT2D eigenvalue weighted by molar-refractivity contribution is 0.0967. The summed E-state index contributed by atoms with van der Waals surface area (Å²) in [5.74, 6) is 2.22. The summed E-state index contributed by atoms with van der Waals surface area (Å²) in [6.45, 7) is 15.0. The van der Waals surface area contributed by atoms with Crippen LogP contribution in [-0.4, -0.2) is 24.1 Å². The first kappa shape index (κ1) is 32.7. The molecule has 3 unspecified atom stereocenters. The minimum Gasteiger partial charge on any atom is -0.490 e. The monoisotopic (exact) mass is 538 g/mol. The predicted molar refractivity (Wildman–Crippen MR) is 164 cm³/mol. The van der Waals surface area contributed by atoms with Gasteiger partial charge in [-0.15, -0.1) is 0 Å². The Morgan fingerprint density at radius 1 is 0.692 bits per heavy atom. The molecule has 39 heavy (non-hydrogen) atoms. The van der Waals surface area contributed by atoms with Gasteiger partial charge in [-0.1, -0.05) is 84.4 Å². The topological polar surface area (TPSA) is 44.8 Å². The van der Waals surface area contributed by atoms with Crippen LogP contribution in [0, 0.1) is 0 Å². The maximum absolute atomic E-state index is 13.9. The second kappa shape index (κ2) is 18.0. The smallest absolute Gasteiger partial charge is 0.170 e. The van der Waals surface area contributed by atoms with Gasteiger partial charge in [-0.2, -0.15) is 0 Å². The van der Waals surface area contributed by atoms with Crippen LogP contribution in [-0.2, 0) is 12.8 Å². The summed E-state index contributed by atoms with van der Waals surface area (Å²) in [7, 11) is 0. The van der Waals surface area contributed by atoms with E-state index in [9.17, 15) is 4.79 Å². The number of Topliss-reactive ketones (excluding diaryl/α,β-unsaturated/α-hetero) is 1. The van der Waals surface area contributed by atoms with E-state index < -0.39 is 0 Å². The highest BCUT2D eigenvalue weighted by atomic mass is 16.5. The maximum Gasteiger partial charge on any atom is 0.170 e. The lowest BCUT2D eigenvalue weighted by Crippen LogP contribution is -2.18. The van der Waals surface area contributed by atoms with Gasteiger partial charge in [0.1, 0.15) is 22.8 Å². The van der Waals surface area contributed by atoms with Crippen molar-refractivity contribution in [1.29, 1.82) is 0 Å². The van der Waals surface area contributed by atoms with Crippen LogP contribution in [0.2, 0.25) is 0 Å². The van der Waals surface area contributed by atoms with E-state index in [1.807, 2.05) is 18.2 Å². The molecule has 0 heterocycles. The highest BCUT2D eigenvalue weighted by Crippen LogP contribution is 2.33. The normalized spacial score (nSPS) is 13.5. The number of ketones is 1. The lowest BCUT2D eigenvalue weighted by Gasteiger charge is -2.22. The van der Waals surface area contributed by atoms with Crippen LogP contribution in [0.25, 0.3) is 0 Å². The fourth-order valence-corrected chi connectivity index (χ4v) is 4.82. The summed E-state index contributed by atoms with van der Waals surface area (Å²) in [6.07, 6.45) is 11.9. The first-order chi connectivity index (χ1) is 18.8. The van der Waals surface area contributed by atoms with Crippen molar-refractivity contribution in [2.75, 3.05) is 0 Å². The summed E-state index contributed by atoms with van der Waals surface area (Å²) in [4.78, 5) is 13.9. The number of ether oxygens (including phenoxy) is 3. The van der Waals surface area contributed by atoms with Crippen molar-refractivity contribution in [3.8, 4) is 17.2 Å². The van der Waals surface area contributed by atoms with Gasteiger partial charge >= 0.3 is 0 Å². The summed E-state index contributed by atoms with van der Waals surface area (Å²) in [6, 6.07) is 12.2. The Balaban J connectivity index is 2.31. The average molecular weight is 539 g/mol. The number of benzene rings is 2. The molecule has 0 spiro atoms. The molecule has 4 nitrogen and oxygen atoms in total. The van der Waals surface area contributed by atoms with Gasteiger partial charge in [0.2, 0.25) is 0 Å².